The van der Waals surface area contributed by atoms with Gasteiger partial charge in [0.25, 0.3) is 5.89 Å². The molecule has 0 unspecified atom stereocenters. The number of hydrogen-bond acceptors (Lipinski definition) is 5. The van der Waals surface area contributed by atoms with E-state index >= 15 is 0 Å². The minimum absolute atomic E-state index is 0.444. The molecule has 0 fully saturated rings. The third kappa shape index (κ3) is 3.92. The van der Waals surface area contributed by atoms with Crippen molar-refractivity contribution >= 4 is 21.6 Å². The minimum Gasteiger partial charge on any atom is -0.489 e. The van der Waals surface area contributed by atoms with Gasteiger partial charge in [0.15, 0.2) is 0 Å². The fourth-order valence-electron chi connectivity index (χ4n) is 2.86. The van der Waals surface area contributed by atoms with E-state index in [9.17, 15) is 0 Å². The van der Waals surface area contributed by atoms with Crippen molar-refractivity contribution in [3.8, 4) is 28.6 Å². The van der Waals surface area contributed by atoms with E-state index in [0.717, 1.165) is 32.5 Å². The quantitative estimate of drug-likeness (QED) is 0.410. The zero-order chi connectivity index (χ0) is 19.5. The predicted octanol–water partition coefficient (Wildman–Crippen LogP) is 5.64. The van der Waals surface area contributed by atoms with Gasteiger partial charge >= 0.3 is 0 Å². The van der Waals surface area contributed by atoms with Crippen LogP contribution >= 0.6 is 15.9 Å². The summed E-state index contributed by atoms with van der Waals surface area (Å²) in [6.45, 7) is 2.39. The summed E-state index contributed by atoms with van der Waals surface area (Å²) in [6, 6.07) is 21.3. The standard InChI is InChI=1S/C22H18BrN3O2/c1-14-19(9-4-10-20(14)24)21-25-22(28-26-21)16-6-2-5-15(11-16)13-27-18-8-3-7-17(23)12-18/h2-12H,13,24H2,1H3. The van der Waals surface area contributed by atoms with Gasteiger partial charge in [-0.15, -0.1) is 0 Å². The number of nitrogens with two attached hydrogens (primary N) is 1. The number of nitrogen functional groups attached to an aromatic ring is 1. The van der Waals surface area contributed by atoms with Gasteiger partial charge in [-0.05, 0) is 54.4 Å². The molecule has 5 nitrogen and oxygen atoms in total. The maximum Gasteiger partial charge on any atom is 0.258 e. The van der Waals surface area contributed by atoms with Crippen LogP contribution in [0.3, 0.4) is 0 Å². The summed E-state index contributed by atoms with van der Waals surface area (Å²) in [7, 11) is 0. The van der Waals surface area contributed by atoms with Crippen LogP contribution in [0.4, 0.5) is 5.69 Å². The molecule has 1 aromatic heterocycles. The highest BCUT2D eigenvalue weighted by Crippen LogP contribution is 2.27. The van der Waals surface area contributed by atoms with Crippen LogP contribution < -0.4 is 10.5 Å². The number of halogens is 1. The molecular weight excluding hydrogens is 418 g/mol. The van der Waals surface area contributed by atoms with E-state index in [1.807, 2.05) is 73.7 Å². The van der Waals surface area contributed by atoms with Crippen LogP contribution in [-0.2, 0) is 6.61 Å². The van der Waals surface area contributed by atoms with Gasteiger partial charge in [0.05, 0.1) is 0 Å². The molecule has 4 rings (SSSR count). The van der Waals surface area contributed by atoms with Crippen molar-refractivity contribution in [3.05, 3.63) is 82.3 Å². The molecule has 0 spiro atoms. The lowest BCUT2D eigenvalue weighted by atomic mass is 10.1. The molecule has 0 amide bonds. The number of hydrogen-bond donors (Lipinski definition) is 1. The topological polar surface area (TPSA) is 74.2 Å². The Hall–Kier alpha value is -3.12. The van der Waals surface area contributed by atoms with Gasteiger partial charge < -0.3 is 15.0 Å². The SMILES string of the molecule is Cc1c(N)cccc1-c1noc(-c2cccc(COc3cccc(Br)c3)c2)n1. The third-order valence-corrected chi connectivity index (χ3v) is 4.91. The Morgan fingerprint density at radius 3 is 2.71 bits per heavy atom. The number of aromatic nitrogens is 2. The smallest absolute Gasteiger partial charge is 0.258 e. The summed E-state index contributed by atoms with van der Waals surface area (Å²) >= 11 is 3.45. The molecule has 140 valence electrons. The van der Waals surface area contributed by atoms with Crippen LogP contribution in [-0.4, -0.2) is 10.1 Å². The summed E-state index contributed by atoms with van der Waals surface area (Å²) in [6.07, 6.45) is 0. The van der Waals surface area contributed by atoms with E-state index in [-0.39, 0.29) is 0 Å². The Morgan fingerprint density at radius 1 is 1.04 bits per heavy atom. The van der Waals surface area contributed by atoms with Gasteiger partial charge in [-0.25, -0.2) is 0 Å². The van der Waals surface area contributed by atoms with Gasteiger partial charge in [-0.1, -0.05) is 51.4 Å². The van der Waals surface area contributed by atoms with E-state index in [1.54, 1.807) is 0 Å². The maximum absolute atomic E-state index is 5.98. The lowest BCUT2D eigenvalue weighted by Gasteiger charge is -2.07. The van der Waals surface area contributed by atoms with Crippen LogP contribution in [0.1, 0.15) is 11.1 Å². The minimum atomic E-state index is 0.444. The highest BCUT2D eigenvalue weighted by atomic mass is 79.9. The van der Waals surface area contributed by atoms with Gasteiger partial charge in [-0.2, -0.15) is 4.98 Å². The molecule has 4 aromatic rings. The van der Waals surface area contributed by atoms with Crippen LogP contribution in [0.25, 0.3) is 22.8 Å². The zero-order valence-corrected chi connectivity index (χ0v) is 16.8. The monoisotopic (exact) mass is 435 g/mol. The van der Waals surface area contributed by atoms with E-state index < -0.39 is 0 Å². The van der Waals surface area contributed by atoms with Crippen molar-refractivity contribution < 1.29 is 9.26 Å². The molecule has 0 saturated heterocycles. The molecule has 0 saturated carbocycles. The van der Waals surface area contributed by atoms with Gasteiger partial charge in [0.1, 0.15) is 12.4 Å². The lowest BCUT2D eigenvalue weighted by Crippen LogP contribution is -1.95. The fourth-order valence-corrected chi connectivity index (χ4v) is 3.24. The Kier molecular flexibility index (Phi) is 5.12. The van der Waals surface area contributed by atoms with Gasteiger partial charge in [0, 0.05) is 21.3 Å². The average Bonchev–Trinajstić information content (AvgIpc) is 3.19. The number of benzene rings is 3. The molecule has 0 radical (unpaired) electrons. The zero-order valence-electron chi connectivity index (χ0n) is 15.2. The predicted molar refractivity (Wildman–Crippen MR) is 113 cm³/mol. The molecule has 6 heteroatoms. The normalized spacial score (nSPS) is 10.8. The summed E-state index contributed by atoms with van der Waals surface area (Å²) in [5.74, 6) is 1.79. The van der Waals surface area contributed by atoms with Crippen molar-refractivity contribution in [1.29, 1.82) is 0 Å². The maximum atomic E-state index is 5.98. The van der Waals surface area contributed by atoms with E-state index in [2.05, 4.69) is 26.1 Å². The molecule has 1 heterocycles. The molecule has 0 bridgehead atoms. The van der Waals surface area contributed by atoms with Crippen LogP contribution in [0, 0.1) is 6.92 Å². The number of rotatable bonds is 5. The van der Waals surface area contributed by atoms with Crippen molar-refractivity contribution in [1.82, 2.24) is 10.1 Å². The first-order chi connectivity index (χ1) is 13.6. The molecule has 0 aliphatic rings. The summed E-state index contributed by atoms with van der Waals surface area (Å²) < 4.78 is 12.3. The molecule has 2 N–H and O–H groups in total. The van der Waals surface area contributed by atoms with Crippen molar-refractivity contribution in [3.63, 3.8) is 0 Å². The highest BCUT2D eigenvalue weighted by Gasteiger charge is 2.13. The van der Waals surface area contributed by atoms with Crippen LogP contribution in [0.2, 0.25) is 0 Å². The van der Waals surface area contributed by atoms with Crippen LogP contribution in [0.15, 0.2) is 75.7 Å². The molecule has 3 aromatic carbocycles. The molecule has 0 aliphatic carbocycles. The Bertz CT molecular complexity index is 1120. The fraction of sp³-hybridized carbons (Fsp3) is 0.0909. The largest absolute Gasteiger partial charge is 0.489 e. The second-order valence-corrected chi connectivity index (χ2v) is 7.31. The summed E-state index contributed by atoms with van der Waals surface area (Å²) in [4.78, 5) is 4.54. The first-order valence-corrected chi connectivity index (χ1v) is 9.56. The first-order valence-electron chi connectivity index (χ1n) is 8.77. The van der Waals surface area contributed by atoms with Crippen molar-refractivity contribution in [2.75, 3.05) is 5.73 Å². The Labute approximate surface area is 171 Å². The van der Waals surface area contributed by atoms with Crippen LogP contribution in [0.5, 0.6) is 5.75 Å². The Morgan fingerprint density at radius 2 is 1.86 bits per heavy atom. The molecule has 0 atom stereocenters. The molecule has 28 heavy (non-hydrogen) atoms. The van der Waals surface area contributed by atoms with Gasteiger partial charge in [0.2, 0.25) is 5.82 Å². The second kappa shape index (κ2) is 7.86. The van der Waals surface area contributed by atoms with Crippen molar-refractivity contribution in [2.24, 2.45) is 0 Å². The van der Waals surface area contributed by atoms with E-state index in [1.165, 1.54) is 0 Å². The molecular formula is C22H18BrN3O2. The Balaban J connectivity index is 1.55. The number of nitrogens with zero attached hydrogens (tertiary/aromatic N) is 2. The number of ether oxygens (including phenoxy) is 1. The lowest BCUT2D eigenvalue weighted by molar-refractivity contribution is 0.306. The first kappa shape index (κ1) is 18.3. The molecule has 0 aliphatic heterocycles. The van der Waals surface area contributed by atoms with E-state index in [4.69, 9.17) is 15.0 Å². The summed E-state index contributed by atoms with van der Waals surface area (Å²) in [5.41, 5.74) is 10.3. The average molecular weight is 436 g/mol. The van der Waals surface area contributed by atoms with Gasteiger partial charge in [-0.3, -0.25) is 0 Å². The highest BCUT2D eigenvalue weighted by molar-refractivity contribution is 9.10. The summed E-state index contributed by atoms with van der Waals surface area (Å²) in [5, 5.41) is 4.12. The number of anilines is 1. The third-order valence-electron chi connectivity index (χ3n) is 4.42. The second-order valence-electron chi connectivity index (χ2n) is 6.39. The van der Waals surface area contributed by atoms with Crippen molar-refractivity contribution in [2.45, 2.75) is 13.5 Å². The van der Waals surface area contributed by atoms with E-state index in [0.29, 0.717) is 24.0 Å².